The molecule has 0 aromatic heterocycles. The number of carbonyl (C=O) groups is 2. The van der Waals surface area contributed by atoms with Gasteiger partial charge in [0.25, 0.3) is 5.91 Å². The van der Waals surface area contributed by atoms with Gasteiger partial charge in [0.2, 0.25) is 11.1 Å². The molecule has 0 bridgehead atoms. The van der Waals surface area contributed by atoms with Crippen molar-refractivity contribution >= 4 is 57.7 Å². The lowest BCUT2D eigenvalue weighted by atomic mass is 10.2. The van der Waals surface area contributed by atoms with Crippen molar-refractivity contribution in [2.75, 3.05) is 16.7 Å². The summed E-state index contributed by atoms with van der Waals surface area (Å²) in [6, 6.07) is 24.6. The maximum absolute atomic E-state index is 14.0. The summed E-state index contributed by atoms with van der Waals surface area (Å²) in [5, 5.41) is 6.79. The highest BCUT2D eigenvalue weighted by atomic mass is 32.2. The Morgan fingerprint density at radius 3 is 2.34 bits per heavy atom. The first kappa shape index (κ1) is 21.8. The summed E-state index contributed by atoms with van der Waals surface area (Å²) in [7, 11) is 0. The summed E-state index contributed by atoms with van der Waals surface area (Å²) in [4.78, 5) is 28.6. The molecule has 0 unspecified atom stereocenters. The van der Waals surface area contributed by atoms with Crippen LogP contribution in [0.1, 0.15) is 12.5 Å². The van der Waals surface area contributed by atoms with Crippen LogP contribution in [-0.4, -0.2) is 27.9 Å². The number of ether oxygens (including phenoxy) is 2. The number of fused-ring (bicyclic) bond motifs is 1. The summed E-state index contributed by atoms with van der Waals surface area (Å²) in [6.07, 6.45) is 1.84. The van der Waals surface area contributed by atoms with Gasteiger partial charge in [0.1, 0.15) is 0 Å². The Morgan fingerprint density at radius 1 is 0.943 bits per heavy atom. The summed E-state index contributed by atoms with van der Waals surface area (Å²) in [6.45, 7) is 1.67. The molecule has 0 aliphatic carbocycles. The Morgan fingerprint density at radius 2 is 1.63 bits per heavy atom. The zero-order chi connectivity index (χ0) is 24.0. The molecule has 3 aliphatic heterocycles. The van der Waals surface area contributed by atoms with Gasteiger partial charge in [-0.3, -0.25) is 14.5 Å². The van der Waals surface area contributed by atoms with Gasteiger partial charge in [0.05, 0.1) is 10.6 Å². The number of rotatable bonds is 4. The molecule has 1 saturated heterocycles. The largest absolute Gasteiger partial charge is 0.454 e. The van der Waals surface area contributed by atoms with Gasteiger partial charge < -0.3 is 9.47 Å². The highest BCUT2D eigenvalue weighted by molar-refractivity contribution is 8.29. The summed E-state index contributed by atoms with van der Waals surface area (Å²) < 4.78 is 9.88. The number of ketones is 1. The van der Waals surface area contributed by atoms with Crippen molar-refractivity contribution in [3.05, 3.63) is 89.3 Å². The molecule has 1 atom stereocenters. The maximum Gasteiger partial charge on any atom is 0.268 e. The molecule has 1 amide bonds. The molecule has 3 aromatic rings. The number of thioether (sulfide) groups is 2. The second-order valence-electron chi connectivity index (χ2n) is 7.96. The lowest BCUT2D eigenvalue weighted by Gasteiger charge is -2.38. The number of hydrazone groups is 1. The van der Waals surface area contributed by atoms with E-state index in [1.54, 1.807) is 9.91 Å². The SMILES string of the molecule is CC(=O)C1=NN(c2ccccc2)[C@]2(S1)S/C(=C/c1ccc3c(c1)OCO3)C(=O)N2c1ccccc1. The molecule has 9 heteroatoms. The zero-order valence-corrected chi connectivity index (χ0v) is 20.2. The van der Waals surface area contributed by atoms with E-state index in [1.165, 1.54) is 30.4 Å². The average Bonchev–Trinajstić information content (AvgIpc) is 3.56. The molecular formula is C26H19N3O4S2. The van der Waals surface area contributed by atoms with Gasteiger partial charge in [-0.05, 0) is 59.8 Å². The van der Waals surface area contributed by atoms with E-state index in [2.05, 4.69) is 5.10 Å². The first-order valence-corrected chi connectivity index (χ1v) is 12.5. The molecule has 174 valence electrons. The third kappa shape index (κ3) is 3.67. The van der Waals surface area contributed by atoms with Crippen LogP contribution in [0, 0.1) is 0 Å². The minimum atomic E-state index is -1.04. The Kier molecular flexibility index (Phi) is 5.31. The third-order valence-corrected chi connectivity index (χ3v) is 8.46. The van der Waals surface area contributed by atoms with Gasteiger partial charge in [0.15, 0.2) is 22.3 Å². The predicted molar refractivity (Wildman–Crippen MR) is 139 cm³/mol. The van der Waals surface area contributed by atoms with Crippen LogP contribution < -0.4 is 19.4 Å². The third-order valence-electron chi connectivity index (χ3n) is 5.64. The first-order valence-electron chi connectivity index (χ1n) is 10.9. The highest BCUT2D eigenvalue weighted by Crippen LogP contribution is 2.59. The predicted octanol–water partition coefficient (Wildman–Crippen LogP) is 5.30. The number of hydrogen-bond donors (Lipinski definition) is 0. The molecular weight excluding hydrogens is 482 g/mol. The van der Waals surface area contributed by atoms with Crippen LogP contribution in [0.4, 0.5) is 11.4 Å². The number of anilines is 2. The van der Waals surface area contributed by atoms with Crippen LogP contribution in [0.25, 0.3) is 6.08 Å². The lowest BCUT2D eigenvalue weighted by Crippen LogP contribution is -2.51. The van der Waals surface area contributed by atoms with E-state index >= 15 is 0 Å². The second kappa shape index (κ2) is 8.51. The smallest absolute Gasteiger partial charge is 0.268 e. The fourth-order valence-electron chi connectivity index (χ4n) is 4.05. The van der Waals surface area contributed by atoms with E-state index in [4.69, 9.17) is 9.47 Å². The van der Waals surface area contributed by atoms with E-state index < -0.39 is 4.33 Å². The van der Waals surface area contributed by atoms with Gasteiger partial charge in [-0.1, -0.05) is 54.2 Å². The molecule has 7 nitrogen and oxygen atoms in total. The van der Waals surface area contributed by atoms with E-state index in [-0.39, 0.29) is 18.5 Å². The molecule has 3 heterocycles. The normalized spacial score (nSPS) is 21.8. The number of benzene rings is 3. The molecule has 0 N–H and O–H groups in total. The maximum atomic E-state index is 14.0. The van der Waals surface area contributed by atoms with Crippen LogP contribution in [-0.2, 0) is 9.59 Å². The van der Waals surface area contributed by atoms with Crippen molar-refractivity contribution in [3.8, 4) is 11.5 Å². The Balaban J connectivity index is 1.49. The molecule has 0 radical (unpaired) electrons. The topological polar surface area (TPSA) is 71.4 Å². The van der Waals surface area contributed by atoms with Crippen molar-refractivity contribution in [3.63, 3.8) is 0 Å². The van der Waals surface area contributed by atoms with Crippen LogP contribution >= 0.6 is 23.5 Å². The van der Waals surface area contributed by atoms with Gasteiger partial charge in [-0.15, -0.1) is 0 Å². The minimum absolute atomic E-state index is 0.151. The average molecular weight is 502 g/mol. The number of carbonyl (C=O) groups excluding carboxylic acids is 2. The molecule has 3 aromatic carbocycles. The van der Waals surface area contributed by atoms with Gasteiger partial charge in [-0.2, -0.15) is 5.10 Å². The molecule has 1 fully saturated rings. The van der Waals surface area contributed by atoms with Crippen LogP contribution in [0.3, 0.4) is 0 Å². The van der Waals surface area contributed by atoms with Crippen molar-refractivity contribution in [2.45, 2.75) is 11.3 Å². The van der Waals surface area contributed by atoms with E-state index in [1.807, 2.05) is 84.9 Å². The Labute approximate surface area is 210 Å². The van der Waals surface area contributed by atoms with E-state index in [0.29, 0.717) is 27.1 Å². The molecule has 6 rings (SSSR count). The van der Waals surface area contributed by atoms with Crippen LogP contribution in [0.2, 0.25) is 0 Å². The molecule has 3 aliphatic rings. The monoisotopic (exact) mass is 501 g/mol. The lowest BCUT2D eigenvalue weighted by molar-refractivity contribution is -0.114. The number of amides is 1. The number of para-hydroxylation sites is 2. The number of Topliss-reactive ketones (excluding diaryl/α,β-unsaturated/α-hetero) is 1. The highest BCUT2D eigenvalue weighted by Gasteiger charge is 2.59. The molecule has 35 heavy (non-hydrogen) atoms. The minimum Gasteiger partial charge on any atom is -0.454 e. The molecule has 0 saturated carbocycles. The second-order valence-corrected chi connectivity index (χ2v) is 10.6. The van der Waals surface area contributed by atoms with Crippen molar-refractivity contribution in [2.24, 2.45) is 5.10 Å². The van der Waals surface area contributed by atoms with Crippen LogP contribution in [0.5, 0.6) is 11.5 Å². The molecule has 1 spiro atoms. The quantitative estimate of drug-likeness (QED) is 0.449. The van der Waals surface area contributed by atoms with Crippen molar-refractivity contribution < 1.29 is 19.1 Å². The number of nitrogens with zero attached hydrogens (tertiary/aromatic N) is 3. The van der Waals surface area contributed by atoms with Gasteiger partial charge in [-0.25, -0.2) is 5.01 Å². The van der Waals surface area contributed by atoms with Crippen molar-refractivity contribution in [1.82, 2.24) is 0 Å². The van der Waals surface area contributed by atoms with Gasteiger partial charge >= 0.3 is 0 Å². The van der Waals surface area contributed by atoms with Crippen molar-refractivity contribution in [1.29, 1.82) is 0 Å². The fraction of sp³-hybridized carbons (Fsp3) is 0.115. The van der Waals surface area contributed by atoms with E-state index in [9.17, 15) is 9.59 Å². The standard InChI is InChI=1S/C26H19N3O4S2/c1-17(30)24-27-29(20-10-6-3-7-11-20)26(35-24)28(19-8-4-2-5-9-19)25(31)23(34-26)15-18-12-13-21-22(14-18)33-16-32-21/h2-15H,16H2,1H3/b23-15+/t26-/m0/s1. The number of hydrogen-bond acceptors (Lipinski definition) is 8. The Bertz CT molecular complexity index is 1390. The zero-order valence-electron chi connectivity index (χ0n) is 18.6. The van der Waals surface area contributed by atoms with Gasteiger partial charge in [0, 0.05) is 12.6 Å². The summed E-state index contributed by atoms with van der Waals surface area (Å²) in [5.74, 6) is 1.00. The summed E-state index contributed by atoms with van der Waals surface area (Å²) >= 11 is 2.65. The van der Waals surface area contributed by atoms with Crippen LogP contribution in [0.15, 0.2) is 88.9 Å². The first-order chi connectivity index (χ1) is 17.0. The fourth-order valence-corrected chi connectivity index (χ4v) is 6.93. The Hall–Kier alpha value is -3.69. The summed E-state index contributed by atoms with van der Waals surface area (Å²) in [5.41, 5.74) is 2.31. The van der Waals surface area contributed by atoms with E-state index in [0.717, 1.165) is 11.3 Å².